The Morgan fingerprint density at radius 2 is 2.03 bits per heavy atom. The third-order valence-corrected chi connectivity index (χ3v) is 6.48. The molecule has 9 heteroatoms. The lowest BCUT2D eigenvalue weighted by molar-refractivity contribution is -0.140. The summed E-state index contributed by atoms with van der Waals surface area (Å²) >= 11 is 1.47. The molecule has 0 bridgehead atoms. The van der Waals surface area contributed by atoms with Crippen molar-refractivity contribution in [1.82, 2.24) is 9.88 Å². The Bertz CT molecular complexity index is 820. The van der Waals surface area contributed by atoms with Gasteiger partial charge in [0.2, 0.25) is 5.92 Å². The molecule has 1 aromatic heterocycles. The number of ether oxygens (including phenoxy) is 2. The fourth-order valence-electron chi connectivity index (χ4n) is 3.76. The molecule has 0 radical (unpaired) electrons. The van der Waals surface area contributed by atoms with Crippen LogP contribution >= 0.6 is 11.3 Å². The summed E-state index contributed by atoms with van der Waals surface area (Å²) in [5.74, 6) is -2.89. The van der Waals surface area contributed by atoms with E-state index in [-0.39, 0.29) is 37.2 Å². The minimum Gasteiger partial charge on any atom is -0.469 e. The van der Waals surface area contributed by atoms with Gasteiger partial charge in [-0.2, -0.15) is 0 Å². The Labute approximate surface area is 199 Å². The molecule has 2 heterocycles. The maximum absolute atomic E-state index is 13.7. The standard InChI is InChI=1S/C24H36F2N2O4S/c1-6-12-24(25,26)13-8-7-9-17-14-19(28(16-17)22(30)32-23(2,3)4)21-27-15-18(33-21)10-11-20(29)31-5/h7,9,15,17,19H,6,8,10-14,16H2,1-5H3/b9-7-/t17-,19-/m0/s1. The van der Waals surface area contributed by atoms with Crippen molar-refractivity contribution >= 4 is 23.4 Å². The number of allylic oxidation sites excluding steroid dienone is 1. The zero-order chi connectivity index (χ0) is 24.6. The highest BCUT2D eigenvalue weighted by molar-refractivity contribution is 7.11. The maximum atomic E-state index is 13.7. The molecule has 6 nitrogen and oxygen atoms in total. The first-order chi connectivity index (χ1) is 15.4. The zero-order valence-electron chi connectivity index (χ0n) is 20.2. The molecule has 0 aromatic carbocycles. The number of carbonyl (C=O) groups excluding carboxylic acids is 2. The van der Waals surface area contributed by atoms with E-state index in [0.717, 1.165) is 9.88 Å². The van der Waals surface area contributed by atoms with Gasteiger partial charge in [-0.15, -0.1) is 11.3 Å². The third-order valence-electron chi connectivity index (χ3n) is 5.32. The van der Waals surface area contributed by atoms with E-state index in [9.17, 15) is 18.4 Å². The van der Waals surface area contributed by atoms with E-state index < -0.39 is 17.6 Å². The number of amides is 1. The number of aryl methyl sites for hydroxylation is 1. The van der Waals surface area contributed by atoms with Crippen molar-refractivity contribution in [2.75, 3.05) is 13.7 Å². The average Bonchev–Trinajstić information content (AvgIpc) is 3.35. The van der Waals surface area contributed by atoms with Crippen molar-refractivity contribution in [2.45, 2.75) is 90.2 Å². The molecule has 0 spiro atoms. The second-order valence-electron chi connectivity index (χ2n) is 9.46. The van der Waals surface area contributed by atoms with Gasteiger partial charge in [-0.1, -0.05) is 25.5 Å². The van der Waals surface area contributed by atoms with E-state index in [0.29, 0.717) is 32.2 Å². The zero-order valence-corrected chi connectivity index (χ0v) is 21.1. The van der Waals surface area contributed by atoms with Gasteiger partial charge in [-0.3, -0.25) is 9.69 Å². The summed E-state index contributed by atoms with van der Waals surface area (Å²) in [7, 11) is 1.36. The Balaban J connectivity index is 2.08. The molecule has 0 aliphatic carbocycles. The number of hydrogen-bond acceptors (Lipinski definition) is 6. The number of alkyl halides is 2. The van der Waals surface area contributed by atoms with E-state index >= 15 is 0 Å². The second-order valence-corrected chi connectivity index (χ2v) is 10.6. The predicted octanol–water partition coefficient (Wildman–Crippen LogP) is 6.32. The molecule has 1 aliphatic heterocycles. The lowest BCUT2D eigenvalue weighted by atomic mass is 10.0. The van der Waals surface area contributed by atoms with Crippen LogP contribution in [0.15, 0.2) is 18.3 Å². The summed E-state index contributed by atoms with van der Waals surface area (Å²) in [6.45, 7) is 7.65. The Hall–Kier alpha value is -2.03. The normalized spacial score (nSPS) is 19.3. The molecule has 0 saturated carbocycles. The van der Waals surface area contributed by atoms with Crippen LogP contribution in [-0.4, -0.2) is 47.1 Å². The minimum absolute atomic E-state index is 0.0322. The maximum Gasteiger partial charge on any atom is 0.410 e. The van der Waals surface area contributed by atoms with Crippen molar-refractivity contribution in [3.63, 3.8) is 0 Å². The van der Waals surface area contributed by atoms with Gasteiger partial charge in [0.05, 0.1) is 19.6 Å². The number of likely N-dealkylation sites (tertiary alicyclic amines) is 1. The van der Waals surface area contributed by atoms with Crippen molar-refractivity contribution in [3.05, 3.63) is 28.2 Å². The summed E-state index contributed by atoms with van der Waals surface area (Å²) in [4.78, 5) is 31.4. The van der Waals surface area contributed by atoms with Crippen LogP contribution in [0, 0.1) is 5.92 Å². The Kier molecular flexibility index (Phi) is 9.82. The topological polar surface area (TPSA) is 68.7 Å². The van der Waals surface area contributed by atoms with E-state index in [1.165, 1.54) is 18.4 Å². The Morgan fingerprint density at radius 1 is 1.30 bits per heavy atom. The van der Waals surface area contributed by atoms with Gasteiger partial charge in [0.15, 0.2) is 0 Å². The number of methoxy groups -OCH3 is 1. The number of esters is 1. The van der Waals surface area contributed by atoms with Crippen molar-refractivity contribution in [3.8, 4) is 0 Å². The molecule has 2 rings (SSSR count). The highest BCUT2D eigenvalue weighted by atomic mass is 32.1. The number of aromatic nitrogens is 1. The first-order valence-corrected chi connectivity index (χ1v) is 12.3. The summed E-state index contributed by atoms with van der Waals surface area (Å²) in [6, 6.07) is -0.257. The van der Waals surface area contributed by atoms with Crippen LogP contribution in [0.4, 0.5) is 13.6 Å². The van der Waals surface area contributed by atoms with Crippen LogP contribution < -0.4 is 0 Å². The van der Waals surface area contributed by atoms with Crippen LogP contribution in [0.1, 0.15) is 82.1 Å². The largest absolute Gasteiger partial charge is 0.469 e. The lowest BCUT2D eigenvalue weighted by Gasteiger charge is -2.27. The first-order valence-electron chi connectivity index (χ1n) is 11.5. The molecule has 1 saturated heterocycles. The van der Waals surface area contributed by atoms with Crippen molar-refractivity contribution in [2.24, 2.45) is 5.92 Å². The number of thiazole rings is 1. The van der Waals surface area contributed by atoms with Gasteiger partial charge in [-0.25, -0.2) is 18.6 Å². The van der Waals surface area contributed by atoms with Gasteiger partial charge in [0, 0.05) is 30.5 Å². The number of carbonyl (C=O) groups is 2. The molecule has 186 valence electrons. The molecular formula is C24H36F2N2O4S. The van der Waals surface area contributed by atoms with Crippen LogP contribution in [0.5, 0.6) is 0 Å². The number of nitrogens with zero attached hydrogens (tertiary/aromatic N) is 2. The molecular weight excluding hydrogens is 450 g/mol. The van der Waals surface area contributed by atoms with Gasteiger partial charge < -0.3 is 9.47 Å². The fourth-order valence-corrected chi connectivity index (χ4v) is 4.80. The van der Waals surface area contributed by atoms with Crippen LogP contribution in [0.2, 0.25) is 0 Å². The highest BCUT2D eigenvalue weighted by Gasteiger charge is 2.39. The smallest absolute Gasteiger partial charge is 0.410 e. The second kappa shape index (κ2) is 11.9. The van der Waals surface area contributed by atoms with Gasteiger partial charge in [0.25, 0.3) is 0 Å². The molecule has 1 fully saturated rings. The first kappa shape index (κ1) is 27.2. The third kappa shape index (κ3) is 9.02. The summed E-state index contributed by atoms with van der Waals surface area (Å²) in [5, 5.41) is 0.783. The van der Waals surface area contributed by atoms with Crippen LogP contribution in [0.3, 0.4) is 0 Å². The van der Waals surface area contributed by atoms with E-state index in [1.807, 2.05) is 26.8 Å². The monoisotopic (exact) mass is 486 g/mol. The van der Waals surface area contributed by atoms with Crippen LogP contribution in [0.25, 0.3) is 0 Å². The molecule has 1 aliphatic rings. The minimum atomic E-state index is -2.64. The SMILES string of the molecule is CCCC(F)(F)CC/C=C\[C@H]1C[C@@H](c2ncc(CCC(=O)OC)s2)N(C(=O)OC(C)(C)C)C1. The average molecular weight is 487 g/mol. The van der Waals surface area contributed by atoms with E-state index in [4.69, 9.17) is 9.47 Å². The molecule has 0 unspecified atom stereocenters. The highest BCUT2D eigenvalue weighted by Crippen LogP contribution is 2.39. The fraction of sp³-hybridized carbons (Fsp3) is 0.708. The van der Waals surface area contributed by atoms with Gasteiger partial charge >= 0.3 is 12.1 Å². The summed E-state index contributed by atoms with van der Waals surface area (Å²) in [6.07, 6.45) is 6.99. The quantitative estimate of drug-likeness (QED) is 0.286. The van der Waals surface area contributed by atoms with E-state index in [2.05, 4.69) is 4.98 Å². The number of hydrogen-bond donors (Lipinski definition) is 0. The van der Waals surface area contributed by atoms with Gasteiger partial charge in [-0.05, 0) is 46.0 Å². The number of rotatable bonds is 10. The predicted molar refractivity (Wildman–Crippen MR) is 124 cm³/mol. The van der Waals surface area contributed by atoms with Crippen molar-refractivity contribution < 1.29 is 27.8 Å². The molecule has 1 amide bonds. The number of halogens is 2. The van der Waals surface area contributed by atoms with Crippen molar-refractivity contribution in [1.29, 1.82) is 0 Å². The van der Waals surface area contributed by atoms with Crippen LogP contribution in [-0.2, 0) is 20.7 Å². The van der Waals surface area contributed by atoms with E-state index in [1.54, 1.807) is 24.1 Å². The molecule has 2 atom stereocenters. The lowest BCUT2D eigenvalue weighted by Crippen LogP contribution is -2.36. The summed E-state index contributed by atoms with van der Waals surface area (Å²) in [5.41, 5.74) is -0.630. The van der Waals surface area contributed by atoms with Gasteiger partial charge in [0.1, 0.15) is 10.6 Å². The summed E-state index contributed by atoms with van der Waals surface area (Å²) < 4.78 is 37.8. The Morgan fingerprint density at radius 3 is 2.67 bits per heavy atom. The molecule has 0 N–H and O–H groups in total. The molecule has 33 heavy (non-hydrogen) atoms. The molecule has 1 aromatic rings.